The largest absolute Gasteiger partial charge is 0.311 e. The zero-order valence-electron chi connectivity index (χ0n) is 21.7. The molecule has 0 spiro atoms. The van der Waals surface area contributed by atoms with Gasteiger partial charge in [-0.1, -0.05) is 92.5 Å². The summed E-state index contributed by atoms with van der Waals surface area (Å²) in [6, 6.07) is 55.3. The van der Waals surface area contributed by atoms with E-state index < -0.39 is 0 Å². The molecule has 4 heteroatoms. The summed E-state index contributed by atoms with van der Waals surface area (Å²) in [6.07, 6.45) is 0. The minimum absolute atomic E-state index is 1.06. The first-order valence-corrected chi connectivity index (χ1v) is 14.7. The highest BCUT2D eigenvalue weighted by atomic mass is 79.9. The van der Waals surface area contributed by atoms with Crippen LogP contribution in [0.25, 0.3) is 11.1 Å². The molecule has 6 rings (SSSR count). The van der Waals surface area contributed by atoms with Gasteiger partial charge in [0.15, 0.2) is 0 Å². The zero-order chi connectivity index (χ0) is 27.3. The maximum Gasteiger partial charge on any atom is 0.0462 e. The fourth-order valence-electron chi connectivity index (χ4n) is 4.83. The Morgan fingerprint density at radius 1 is 0.275 bits per heavy atom. The molecule has 0 aliphatic rings. The van der Waals surface area contributed by atoms with Crippen LogP contribution in [0, 0.1) is 0 Å². The van der Waals surface area contributed by atoms with Gasteiger partial charge in [-0.25, -0.2) is 0 Å². The molecular formula is C36H26Br2N2. The van der Waals surface area contributed by atoms with E-state index in [-0.39, 0.29) is 0 Å². The van der Waals surface area contributed by atoms with E-state index in [0.29, 0.717) is 0 Å². The third-order valence-electron chi connectivity index (χ3n) is 6.78. The lowest BCUT2D eigenvalue weighted by molar-refractivity contribution is 1.28. The van der Waals surface area contributed by atoms with Gasteiger partial charge < -0.3 is 9.80 Å². The Hall–Kier alpha value is -4.12. The number of hydrogen-bond acceptors (Lipinski definition) is 2. The molecule has 0 heterocycles. The van der Waals surface area contributed by atoms with Crippen molar-refractivity contribution in [2.45, 2.75) is 0 Å². The van der Waals surface area contributed by atoms with Gasteiger partial charge in [-0.2, -0.15) is 0 Å². The van der Waals surface area contributed by atoms with Crippen LogP contribution in [0.15, 0.2) is 167 Å². The van der Waals surface area contributed by atoms with Crippen LogP contribution in [0.2, 0.25) is 0 Å². The van der Waals surface area contributed by atoms with E-state index in [4.69, 9.17) is 0 Å². The molecule has 0 radical (unpaired) electrons. The highest BCUT2D eigenvalue weighted by Gasteiger charge is 2.14. The fourth-order valence-corrected chi connectivity index (χ4v) is 5.36. The van der Waals surface area contributed by atoms with Crippen molar-refractivity contribution in [3.05, 3.63) is 167 Å². The fraction of sp³-hybridized carbons (Fsp3) is 0. The lowest BCUT2D eigenvalue weighted by Crippen LogP contribution is -2.09. The first-order valence-electron chi connectivity index (χ1n) is 13.1. The molecule has 0 amide bonds. The van der Waals surface area contributed by atoms with Gasteiger partial charge in [0.05, 0.1) is 0 Å². The number of nitrogens with zero attached hydrogens (tertiary/aromatic N) is 2. The monoisotopic (exact) mass is 644 g/mol. The minimum Gasteiger partial charge on any atom is -0.311 e. The molecule has 0 saturated heterocycles. The summed E-state index contributed by atoms with van der Waals surface area (Å²) in [7, 11) is 0. The Morgan fingerprint density at radius 3 is 0.825 bits per heavy atom. The molecule has 40 heavy (non-hydrogen) atoms. The van der Waals surface area contributed by atoms with E-state index in [0.717, 1.165) is 43.1 Å². The third kappa shape index (κ3) is 5.74. The molecule has 0 fully saturated rings. The van der Waals surface area contributed by atoms with Crippen LogP contribution in [-0.2, 0) is 0 Å². The molecule has 194 valence electrons. The van der Waals surface area contributed by atoms with Crippen molar-refractivity contribution < 1.29 is 0 Å². The van der Waals surface area contributed by atoms with Crippen LogP contribution < -0.4 is 9.80 Å². The second-order valence-corrected chi connectivity index (χ2v) is 11.2. The molecule has 0 saturated carbocycles. The van der Waals surface area contributed by atoms with E-state index in [1.165, 1.54) is 11.1 Å². The summed E-state index contributed by atoms with van der Waals surface area (Å²) >= 11 is 7.12. The lowest BCUT2D eigenvalue weighted by atomic mass is 10.0. The summed E-state index contributed by atoms with van der Waals surface area (Å²) in [5, 5.41) is 0. The van der Waals surface area contributed by atoms with Gasteiger partial charge in [-0.15, -0.1) is 0 Å². The molecule has 0 N–H and O–H groups in total. The normalized spacial score (nSPS) is 10.8. The van der Waals surface area contributed by atoms with Crippen molar-refractivity contribution in [2.24, 2.45) is 0 Å². The van der Waals surface area contributed by atoms with E-state index in [1.54, 1.807) is 0 Å². The van der Waals surface area contributed by atoms with Gasteiger partial charge in [0.1, 0.15) is 0 Å². The number of hydrogen-bond donors (Lipinski definition) is 0. The smallest absolute Gasteiger partial charge is 0.0462 e. The van der Waals surface area contributed by atoms with Crippen molar-refractivity contribution in [3.63, 3.8) is 0 Å². The molecular weight excluding hydrogens is 620 g/mol. The van der Waals surface area contributed by atoms with Gasteiger partial charge in [-0.3, -0.25) is 0 Å². The molecule has 6 aromatic rings. The maximum absolute atomic E-state index is 3.56. The number of anilines is 6. The van der Waals surface area contributed by atoms with E-state index >= 15 is 0 Å². The van der Waals surface area contributed by atoms with Crippen molar-refractivity contribution in [1.82, 2.24) is 0 Å². The first-order chi connectivity index (χ1) is 19.7. The molecule has 0 bridgehead atoms. The van der Waals surface area contributed by atoms with Gasteiger partial charge in [0.2, 0.25) is 0 Å². The van der Waals surface area contributed by atoms with Crippen molar-refractivity contribution in [2.75, 3.05) is 9.80 Å². The van der Waals surface area contributed by atoms with Crippen molar-refractivity contribution in [1.29, 1.82) is 0 Å². The Kier molecular flexibility index (Phi) is 7.80. The van der Waals surface area contributed by atoms with Crippen molar-refractivity contribution in [3.8, 4) is 11.1 Å². The average molecular weight is 646 g/mol. The maximum atomic E-state index is 3.56. The second kappa shape index (κ2) is 12.0. The second-order valence-electron chi connectivity index (χ2n) is 9.39. The van der Waals surface area contributed by atoms with Crippen LogP contribution in [0.3, 0.4) is 0 Å². The quantitative estimate of drug-likeness (QED) is 0.170. The Labute approximate surface area is 252 Å². The molecule has 0 aromatic heterocycles. The number of para-hydroxylation sites is 2. The van der Waals surface area contributed by atoms with Crippen LogP contribution >= 0.6 is 31.9 Å². The van der Waals surface area contributed by atoms with Crippen LogP contribution in [0.1, 0.15) is 0 Å². The zero-order valence-corrected chi connectivity index (χ0v) is 24.8. The minimum atomic E-state index is 1.06. The molecule has 0 aliphatic heterocycles. The number of benzene rings is 6. The summed E-state index contributed by atoms with van der Waals surface area (Å²) in [6.45, 7) is 0. The summed E-state index contributed by atoms with van der Waals surface area (Å²) in [5.74, 6) is 0. The molecule has 0 aliphatic carbocycles. The van der Waals surface area contributed by atoms with Crippen LogP contribution in [0.5, 0.6) is 0 Å². The Balaban J connectivity index is 1.31. The lowest BCUT2D eigenvalue weighted by Gasteiger charge is -2.26. The Bertz CT molecular complexity index is 1540. The van der Waals surface area contributed by atoms with Crippen molar-refractivity contribution >= 4 is 66.0 Å². The van der Waals surface area contributed by atoms with Gasteiger partial charge in [0.25, 0.3) is 0 Å². The van der Waals surface area contributed by atoms with Gasteiger partial charge in [0, 0.05) is 43.1 Å². The SMILES string of the molecule is Brc1ccc(N(c2ccccc2)c2ccc(-c3ccc(N(c4ccccc4)c4ccc(Br)cc4)cc3)cc2)cc1. The molecule has 2 nitrogen and oxygen atoms in total. The number of rotatable bonds is 7. The van der Waals surface area contributed by atoms with E-state index in [2.05, 4.69) is 187 Å². The van der Waals surface area contributed by atoms with Gasteiger partial charge >= 0.3 is 0 Å². The average Bonchev–Trinajstić information content (AvgIpc) is 3.01. The molecule has 6 aromatic carbocycles. The van der Waals surface area contributed by atoms with E-state index in [9.17, 15) is 0 Å². The topological polar surface area (TPSA) is 6.48 Å². The molecule has 0 unspecified atom stereocenters. The Morgan fingerprint density at radius 2 is 0.525 bits per heavy atom. The predicted molar refractivity (Wildman–Crippen MR) is 177 cm³/mol. The number of halogens is 2. The predicted octanol–water partition coefficient (Wildman–Crippen LogP) is 11.8. The summed E-state index contributed by atoms with van der Waals surface area (Å²) in [5.41, 5.74) is 9.04. The van der Waals surface area contributed by atoms with Crippen LogP contribution in [-0.4, -0.2) is 0 Å². The first kappa shape index (κ1) is 26.1. The van der Waals surface area contributed by atoms with Crippen LogP contribution in [0.4, 0.5) is 34.1 Å². The highest BCUT2D eigenvalue weighted by Crippen LogP contribution is 2.38. The van der Waals surface area contributed by atoms with Gasteiger partial charge in [-0.05, 0) is 108 Å². The third-order valence-corrected chi connectivity index (χ3v) is 7.84. The summed E-state index contributed by atoms with van der Waals surface area (Å²) in [4.78, 5) is 4.55. The standard InChI is InChI=1S/C36H26Br2N2/c37-29-15-23-35(24-16-29)39(31-7-3-1-4-8-31)33-19-11-27(12-20-33)28-13-21-34(22-14-28)40(32-9-5-2-6-10-32)36-25-17-30(38)18-26-36/h1-26H. The summed E-state index contributed by atoms with van der Waals surface area (Å²) < 4.78 is 2.13. The molecule has 0 atom stereocenters. The highest BCUT2D eigenvalue weighted by molar-refractivity contribution is 9.10. The van der Waals surface area contributed by atoms with E-state index in [1.807, 2.05) is 12.1 Å².